The summed E-state index contributed by atoms with van der Waals surface area (Å²) in [6, 6.07) is 4.11. The van der Waals surface area contributed by atoms with Crippen LogP contribution < -0.4 is 0 Å². The fourth-order valence-electron chi connectivity index (χ4n) is 1.24. The number of carbonyl (C=O) groups excluding carboxylic acids is 1. The van der Waals surface area contributed by atoms with Gasteiger partial charge in [-0.3, -0.25) is 9.59 Å². The Morgan fingerprint density at radius 2 is 2.12 bits per heavy atom. The Labute approximate surface area is 103 Å². The molecule has 0 aliphatic heterocycles. The van der Waals surface area contributed by atoms with E-state index in [0.29, 0.717) is 0 Å². The second-order valence-corrected chi connectivity index (χ2v) is 3.88. The van der Waals surface area contributed by atoms with Crippen LogP contribution in [0.1, 0.15) is 16.8 Å². The average Bonchev–Trinajstić information content (AvgIpc) is 2.28. The van der Waals surface area contributed by atoms with Gasteiger partial charge in [-0.15, -0.1) is 0 Å². The van der Waals surface area contributed by atoms with Crippen LogP contribution in [0.25, 0.3) is 0 Å². The van der Waals surface area contributed by atoms with Crippen molar-refractivity contribution in [2.75, 3.05) is 13.6 Å². The first-order valence-electron chi connectivity index (χ1n) is 4.84. The largest absolute Gasteiger partial charge is 0.481 e. The molecule has 0 saturated carbocycles. The molecule has 0 unspecified atom stereocenters. The van der Waals surface area contributed by atoms with Gasteiger partial charge >= 0.3 is 5.97 Å². The number of amides is 1. The lowest BCUT2D eigenvalue weighted by Crippen LogP contribution is -2.29. The lowest BCUT2D eigenvalue weighted by molar-refractivity contribution is -0.137. The summed E-state index contributed by atoms with van der Waals surface area (Å²) in [7, 11) is 1.41. The van der Waals surface area contributed by atoms with Crippen molar-refractivity contribution in [3.8, 4) is 0 Å². The highest BCUT2D eigenvalue weighted by Crippen LogP contribution is 2.18. The zero-order chi connectivity index (χ0) is 13.0. The number of rotatable bonds is 4. The Morgan fingerprint density at radius 1 is 1.47 bits per heavy atom. The molecule has 17 heavy (non-hydrogen) atoms. The molecule has 4 nitrogen and oxygen atoms in total. The number of nitrogens with zero attached hydrogens (tertiary/aromatic N) is 1. The molecule has 1 amide bonds. The number of aliphatic carboxylic acids is 1. The fourth-order valence-corrected chi connectivity index (χ4v) is 1.41. The molecule has 1 rings (SSSR count). The van der Waals surface area contributed by atoms with Gasteiger partial charge in [0.2, 0.25) is 0 Å². The number of hydrogen-bond acceptors (Lipinski definition) is 2. The highest BCUT2D eigenvalue weighted by atomic mass is 35.5. The number of carboxylic acids is 1. The molecule has 0 fully saturated rings. The summed E-state index contributed by atoms with van der Waals surface area (Å²) in [5.74, 6) is -2.40. The maximum absolute atomic E-state index is 13.5. The number of benzene rings is 1. The Bertz CT molecular complexity index is 450. The molecule has 1 N–H and O–H groups in total. The smallest absolute Gasteiger partial charge is 0.305 e. The van der Waals surface area contributed by atoms with Crippen LogP contribution >= 0.6 is 11.6 Å². The molecule has 1 aromatic carbocycles. The van der Waals surface area contributed by atoms with Gasteiger partial charge in [0.05, 0.1) is 17.0 Å². The summed E-state index contributed by atoms with van der Waals surface area (Å²) in [4.78, 5) is 23.3. The molecule has 6 heteroatoms. The number of carbonyl (C=O) groups is 2. The summed E-state index contributed by atoms with van der Waals surface area (Å²) >= 11 is 5.55. The summed E-state index contributed by atoms with van der Waals surface area (Å²) in [5.41, 5.74) is -0.162. The molecular weight excluding hydrogens is 249 g/mol. The Morgan fingerprint density at radius 3 is 2.71 bits per heavy atom. The molecule has 0 heterocycles. The van der Waals surface area contributed by atoms with Crippen LogP contribution in [0, 0.1) is 5.82 Å². The second-order valence-electron chi connectivity index (χ2n) is 3.47. The second kappa shape index (κ2) is 5.63. The van der Waals surface area contributed by atoms with E-state index in [2.05, 4.69) is 0 Å². The van der Waals surface area contributed by atoms with Crippen molar-refractivity contribution in [1.82, 2.24) is 4.90 Å². The van der Waals surface area contributed by atoms with Crippen molar-refractivity contribution in [2.24, 2.45) is 0 Å². The summed E-state index contributed by atoms with van der Waals surface area (Å²) in [6.45, 7) is 0.0140. The minimum absolute atomic E-state index is 0.0140. The van der Waals surface area contributed by atoms with Crippen LogP contribution in [0.5, 0.6) is 0 Å². The molecule has 0 bridgehead atoms. The van der Waals surface area contributed by atoms with E-state index >= 15 is 0 Å². The Kier molecular flexibility index (Phi) is 4.45. The molecule has 1 aromatic rings. The third kappa shape index (κ3) is 3.42. The third-order valence-corrected chi connectivity index (χ3v) is 2.48. The van der Waals surface area contributed by atoms with Gasteiger partial charge in [-0.2, -0.15) is 0 Å². The van der Waals surface area contributed by atoms with E-state index in [0.717, 1.165) is 4.90 Å². The van der Waals surface area contributed by atoms with Gasteiger partial charge in [0.25, 0.3) is 5.91 Å². The molecule has 0 spiro atoms. The van der Waals surface area contributed by atoms with Crippen molar-refractivity contribution in [3.05, 3.63) is 34.6 Å². The lowest BCUT2D eigenvalue weighted by atomic mass is 10.2. The predicted octanol–water partition coefficient (Wildman–Crippen LogP) is 2.03. The number of carboxylic acid groups (broad SMARTS) is 1. The first-order valence-corrected chi connectivity index (χ1v) is 5.22. The normalized spacial score (nSPS) is 10.1. The maximum Gasteiger partial charge on any atom is 0.305 e. The van der Waals surface area contributed by atoms with E-state index in [1.807, 2.05) is 0 Å². The van der Waals surface area contributed by atoms with Gasteiger partial charge in [-0.25, -0.2) is 4.39 Å². The van der Waals surface area contributed by atoms with E-state index in [9.17, 15) is 14.0 Å². The Hall–Kier alpha value is -1.62. The third-order valence-electron chi connectivity index (χ3n) is 2.19. The highest BCUT2D eigenvalue weighted by Gasteiger charge is 2.18. The van der Waals surface area contributed by atoms with Crippen molar-refractivity contribution >= 4 is 23.5 Å². The van der Waals surface area contributed by atoms with Crippen molar-refractivity contribution < 1.29 is 19.1 Å². The number of halogens is 2. The quantitative estimate of drug-likeness (QED) is 0.900. The van der Waals surface area contributed by atoms with Gasteiger partial charge in [-0.1, -0.05) is 17.7 Å². The summed E-state index contributed by atoms with van der Waals surface area (Å²) < 4.78 is 13.5. The van der Waals surface area contributed by atoms with Gasteiger partial charge in [0.1, 0.15) is 0 Å². The molecule has 0 radical (unpaired) electrons. The number of hydrogen-bond donors (Lipinski definition) is 1. The van der Waals surface area contributed by atoms with E-state index in [-0.39, 0.29) is 23.6 Å². The molecule has 0 aromatic heterocycles. The van der Waals surface area contributed by atoms with E-state index in [1.165, 1.54) is 25.2 Å². The predicted molar refractivity (Wildman–Crippen MR) is 60.6 cm³/mol. The molecule has 0 atom stereocenters. The van der Waals surface area contributed by atoms with Crippen LogP contribution in [-0.4, -0.2) is 35.5 Å². The first kappa shape index (κ1) is 13.4. The standard InChI is InChI=1S/C11H11ClFNO3/c1-14(6-5-9(15)16)11(17)7-3-2-4-8(12)10(7)13/h2-4H,5-6H2,1H3,(H,15,16). The molecule has 0 saturated heterocycles. The van der Waals surface area contributed by atoms with Gasteiger partial charge in [0, 0.05) is 13.6 Å². The minimum atomic E-state index is -1.02. The van der Waals surface area contributed by atoms with Crippen LogP contribution in [0.2, 0.25) is 5.02 Å². The fraction of sp³-hybridized carbons (Fsp3) is 0.273. The van der Waals surface area contributed by atoms with E-state index in [4.69, 9.17) is 16.7 Å². The summed E-state index contributed by atoms with van der Waals surface area (Å²) in [5, 5.41) is 8.34. The van der Waals surface area contributed by atoms with E-state index < -0.39 is 17.7 Å². The zero-order valence-corrected chi connectivity index (χ0v) is 9.87. The zero-order valence-electron chi connectivity index (χ0n) is 9.11. The molecule has 0 aliphatic carbocycles. The van der Waals surface area contributed by atoms with Crippen molar-refractivity contribution in [2.45, 2.75) is 6.42 Å². The molecule has 0 aliphatic rings. The monoisotopic (exact) mass is 259 g/mol. The lowest BCUT2D eigenvalue weighted by Gasteiger charge is -2.16. The van der Waals surface area contributed by atoms with Gasteiger partial charge < -0.3 is 10.0 Å². The highest BCUT2D eigenvalue weighted by molar-refractivity contribution is 6.31. The Balaban J connectivity index is 2.82. The van der Waals surface area contributed by atoms with Gasteiger partial charge in [-0.05, 0) is 12.1 Å². The maximum atomic E-state index is 13.5. The SMILES string of the molecule is CN(CCC(=O)O)C(=O)c1cccc(Cl)c1F. The van der Waals surface area contributed by atoms with Crippen LogP contribution in [0.3, 0.4) is 0 Å². The van der Waals surface area contributed by atoms with Crippen LogP contribution in [-0.2, 0) is 4.79 Å². The van der Waals surface area contributed by atoms with Crippen LogP contribution in [0.4, 0.5) is 4.39 Å². The molecular formula is C11H11ClFNO3. The van der Waals surface area contributed by atoms with Crippen molar-refractivity contribution in [3.63, 3.8) is 0 Å². The van der Waals surface area contributed by atoms with Crippen LogP contribution in [0.15, 0.2) is 18.2 Å². The van der Waals surface area contributed by atoms with Gasteiger partial charge in [0.15, 0.2) is 5.82 Å². The van der Waals surface area contributed by atoms with E-state index in [1.54, 1.807) is 0 Å². The molecule has 92 valence electrons. The summed E-state index contributed by atoms with van der Waals surface area (Å²) in [6.07, 6.45) is -0.190. The first-order chi connectivity index (χ1) is 7.93. The van der Waals surface area contributed by atoms with Crippen molar-refractivity contribution in [1.29, 1.82) is 0 Å². The topological polar surface area (TPSA) is 57.6 Å². The minimum Gasteiger partial charge on any atom is -0.481 e. The average molecular weight is 260 g/mol.